The summed E-state index contributed by atoms with van der Waals surface area (Å²) in [5, 5.41) is 12.6. The summed E-state index contributed by atoms with van der Waals surface area (Å²) < 4.78 is 26.4. The highest BCUT2D eigenvalue weighted by atomic mass is 19.1. The highest BCUT2D eigenvalue weighted by Gasteiger charge is 2.20. The summed E-state index contributed by atoms with van der Waals surface area (Å²) in [6.07, 6.45) is 0.501. The highest BCUT2D eigenvalue weighted by molar-refractivity contribution is 5.91. The molecule has 1 atom stereocenters. The molecule has 0 bridgehead atoms. The van der Waals surface area contributed by atoms with Crippen molar-refractivity contribution in [1.82, 2.24) is 0 Å². The minimum atomic E-state index is -1.30. The molecule has 1 amide bonds. The van der Waals surface area contributed by atoms with Gasteiger partial charge in [-0.2, -0.15) is 4.39 Å². The maximum atomic E-state index is 13.4. The molecule has 1 rings (SSSR count). The highest BCUT2D eigenvalue weighted by Crippen LogP contribution is 2.25. The molecule has 6 nitrogen and oxygen atoms in total. The molecule has 0 aromatic heterocycles. The van der Waals surface area contributed by atoms with E-state index in [1.165, 1.54) is 0 Å². The molecular weight excluding hydrogens is 260 g/mol. The summed E-state index contributed by atoms with van der Waals surface area (Å²) in [5.41, 5.74) is 4.20. The number of carbonyl (C=O) groups excluding carboxylic acids is 1. The Hall–Kier alpha value is -2.09. The minimum absolute atomic E-state index is 0.0545. The smallest absolute Gasteiger partial charge is 0.307 e. The zero-order valence-electron chi connectivity index (χ0n) is 10.2. The van der Waals surface area contributed by atoms with Gasteiger partial charge in [0.15, 0.2) is 0 Å². The number of nitro groups is 1. The first-order valence-corrected chi connectivity index (χ1v) is 5.54. The van der Waals surface area contributed by atoms with Crippen molar-refractivity contribution in [2.45, 2.75) is 25.8 Å². The number of carbonyl (C=O) groups is 1. The largest absolute Gasteiger partial charge is 0.327 e. The number of benzene rings is 1. The van der Waals surface area contributed by atoms with E-state index in [0.29, 0.717) is 18.6 Å². The van der Waals surface area contributed by atoms with E-state index in [9.17, 15) is 23.7 Å². The molecular formula is C11H13F2N3O3. The van der Waals surface area contributed by atoms with Crippen molar-refractivity contribution in [3.8, 4) is 0 Å². The van der Waals surface area contributed by atoms with E-state index in [4.69, 9.17) is 5.73 Å². The van der Waals surface area contributed by atoms with Crippen LogP contribution in [0.2, 0.25) is 0 Å². The van der Waals surface area contributed by atoms with Crippen LogP contribution in [-0.2, 0) is 4.79 Å². The van der Waals surface area contributed by atoms with Gasteiger partial charge in [-0.1, -0.05) is 6.92 Å². The average Bonchev–Trinajstić information content (AvgIpc) is 2.31. The molecule has 1 unspecified atom stereocenters. The third kappa shape index (κ3) is 3.95. The van der Waals surface area contributed by atoms with Crippen molar-refractivity contribution in [1.29, 1.82) is 0 Å². The number of amides is 1. The summed E-state index contributed by atoms with van der Waals surface area (Å²) in [7, 11) is 0. The van der Waals surface area contributed by atoms with Gasteiger partial charge in [-0.05, 0) is 6.42 Å². The first-order valence-electron chi connectivity index (χ1n) is 5.54. The van der Waals surface area contributed by atoms with Crippen LogP contribution in [0.3, 0.4) is 0 Å². The Balaban J connectivity index is 2.92. The molecule has 0 saturated heterocycles. The Kier molecular flexibility index (Phi) is 4.87. The van der Waals surface area contributed by atoms with E-state index in [-0.39, 0.29) is 6.42 Å². The molecule has 0 heterocycles. The van der Waals surface area contributed by atoms with Gasteiger partial charge in [0.25, 0.3) is 0 Å². The van der Waals surface area contributed by atoms with Gasteiger partial charge in [-0.15, -0.1) is 0 Å². The van der Waals surface area contributed by atoms with Gasteiger partial charge < -0.3 is 11.1 Å². The third-order valence-electron chi connectivity index (χ3n) is 2.48. The Morgan fingerprint density at radius 1 is 1.47 bits per heavy atom. The molecule has 0 aliphatic heterocycles. The van der Waals surface area contributed by atoms with E-state index in [1.807, 2.05) is 0 Å². The molecule has 0 saturated carbocycles. The van der Waals surface area contributed by atoms with Crippen molar-refractivity contribution in [2.75, 3.05) is 5.32 Å². The molecule has 8 heteroatoms. The lowest BCUT2D eigenvalue weighted by atomic mass is 10.1. The van der Waals surface area contributed by atoms with E-state index < -0.39 is 39.9 Å². The number of nitro benzene ring substituents is 1. The van der Waals surface area contributed by atoms with E-state index in [1.54, 1.807) is 6.92 Å². The number of halogens is 2. The van der Waals surface area contributed by atoms with Crippen molar-refractivity contribution in [2.24, 2.45) is 5.73 Å². The Morgan fingerprint density at radius 3 is 2.63 bits per heavy atom. The number of nitrogens with zero attached hydrogens (tertiary/aromatic N) is 1. The average molecular weight is 273 g/mol. The van der Waals surface area contributed by atoms with Crippen molar-refractivity contribution in [3.63, 3.8) is 0 Å². The maximum Gasteiger partial charge on any atom is 0.307 e. The molecule has 0 radical (unpaired) electrons. The van der Waals surface area contributed by atoms with Crippen LogP contribution in [0, 0.1) is 21.7 Å². The lowest BCUT2D eigenvalue weighted by Gasteiger charge is -2.10. The van der Waals surface area contributed by atoms with Crippen LogP contribution in [-0.4, -0.2) is 16.9 Å². The van der Waals surface area contributed by atoms with Crippen molar-refractivity contribution < 1.29 is 18.5 Å². The quantitative estimate of drug-likeness (QED) is 0.632. The van der Waals surface area contributed by atoms with Gasteiger partial charge in [0, 0.05) is 24.6 Å². The fourth-order valence-electron chi connectivity index (χ4n) is 1.36. The summed E-state index contributed by atoms with van der Waals surface area (Å²) in [6.45, 7) is 1.78. The summed E-state index contributed by atoms with van der Waals surface area (Å²) in [6, 6.07) is 0.603. The Bertz CT molecular complexity index is 508. The molecule has 0 spiro atoms. The molecule has 0 fully saturated rings. The fraction of sp³-hybridized carbons (Fsp3) is 0.364. The van der Waals surface area contributed by atoms with Crippen LogP contribution in [0.4, 0.5) is 20.2 Å². The summed E-state index contributed by atoms with van der Waals surface area (Å²) in [4.78, 5) is 21.0. The van der Waals surface area contributed by atoms with Gasteiger partial charge in [0.05, 0.1) is 10.6 Å². The van der Waals surface area contributed by atoms with Gasteiger partial charge in [-0.25, -0.2) is 4.39 Å². The van der Waals surface area contributed by atoms with Crippen LogP contribution in [0.25, 0.3) is 0 Å². The molecule has 1 aromatic carbocycles. The predicted molar refractivity (Wildman–Crippen MR) is 64.5 cm³/mol. The third-order valence-corrected chi connectivity index (χ3v) is 2.48. The van der Waals surface area contributed by atoms with Gasteiger partial charge in [0.2, 0.25) is 11.7 Å². The Morgan fingerprint density at radius 2 is 2.11 bits per heavy atom. The summed E-state index contributed by atoms with van der Waals surface area (Å²) in [5.74, 6) is -2.97. The first kappa shape index (κ1) is 15.0. The Labute approximate surface area is 107 Å². The van der Waals surface area contributed by atoms with E-state index >= 15 is 0 Å². The van der Waals surface area contributed by atoms with Crippen molar-refractivity contribution >= 4 is 17.3 Å². The topological polar surface area (TPSA) is 98.3 Å². The number of anilines is 1. The summed E-state index contributed by atoms with van der Waals surface area (Å²) >= 11 is 0. The van der Waals surface area contributed by atoms with Crippen LogP contribution in [0.15, 0.2) is 12.1 Å². The number of nitrogens with one attached hydrogen (secondary N) is 1. The van der Waals surface area contributed by atoms with Crippen LogP contribution < -0.4 is 11.1 Å². The van der Waals surface area contributed by atoms with Crippen LogP contribution in [0.1, 0.15) is 19.8 Å². The number of nitrogens with two attached hydrogens (primary N) is 1. The molecule has 104 valence electrons. The molecule has 0 aliphatic carbocycles. The minimum Gasteiger partial charge on any atom is -0.327 e. The van der Waals surface area contributed by atoms with E-state index in [0.717, 1.165) is 0 Å². The monoisotopic (exact) mass is 273 g/mol. The van der Waals surface area contributed by atoms with Gasteiger partial charge in [-0.3, -0.25) is 14.9 Å². The van der Waals surface area contributed by atoms with Gasteiger partial charge in [0.1, 0.15) is 5.82 Å². The lowest BCUT2D eigenvalue weighted by Crippen LogP contribution is -2.26. The molecule has 0 aliphatic rings. The second kappa shape index (κ2) is 6.19. The zero-order chi connectivity index (χ0) is 14.6. The second-order valence-corrected chi connectivity index (χ2v) is 3.96. The molecule has 19 heavy (non-hydrogen) atoms. The number of rotatable bonds is 5. The van der Waals surface area contributed by atoms with Crippen LogP contribution >= 0.6 is 0 Å². The van der Waals surface area contributed by atoms with Crippen molar-refractivity contribution in [3.05, 3.63) is 33.9 Å². The normalized spacial score (nSPS) is 12.0. The lowest BCUT2D eigenvalue weighted by molar-refractivity contribution is -0.387. The predicted octanol–water partition coefficient (Wildman–Crippen LogP) is 1.94. The molecule has 3 N–H and O–H groups in total. The number of hydrogen-bond acceptors (Lipinski definition) is 4. The second-order valence-electron chi connectivity index (χ2n) is 3.96. The fourth-order valence-corrected chi connectivity index (χ4v) is 1.36. The standard InChI is InChI=1S/C11H13F2N3O3/c1-2-6(14)3-11(17)15-9-5-10(16(18)19)8(13)4-7(9)12/h4-6H,2-3,14H2,1H3,(H,15,17). The SMILES string of the molecule is CCC(N)CC(=O)Nc1cc([N+](=O)[O-])c(F)cc1F. The zero-order valence-corrected chi connectivity index (χ0v) is 10.2. The van der Waals surface area contributed by atoms with E-state index in [2.05, 4.69) is 5.32 Å². The van der Waals surface area contributed by atoms with Gasteiger partial charge >= 0.3 is 5.69 Å². The number of hydrogen-bond donors (Lipinski definition) is 2. The first-order chi connectivity index (χ1) is 8.85. The van der Waals surface area contributed by atoms with Crippen LogP contribution in [0.5, 0.6) is 0 Å². The maximum absolute atomic E-state index is 13.4. The molecule has 1 aromatic rings.